The van der Waals surface area contributed by atoms with Crippen LogP contribution in [0.3, 0.4) is 0 Å². The molecule has 1 aromatic rings. The third kappa shape index (κ3) is 4.54. The number of rotatable bonds is 7. The van der Waals surface area contributed by atoms with Crippen molar-refractivity contribution in [3.05, 3.63) is 35.6 Å². The van der Waals surface area contributed by atoms with Crippen molar-refractivity contribution in [1.82, 2.24) is 5.32 Å². The lowest BCUT2D eigenvalue weighted by Gasteiger charge is -2.33. The van der Waals surface area contributed by atoms with Crippen LogP contribution in [0.2, 0.25) is 0 Å². The highest BCUT2D eigenvalue weighted by atomic mass is 19.1. The van der Waals surface area contributed by atoms with Crippen molar-refractivity contribution in [2.75, 3.05) is 19.8 Å². The molecule has 1 amide bonds. The monoisotopic (exact) mass is 337 g/mol. The molecular formula is C18H24FNO4. The molecule has 1 aliphatic heterocycles. The molecule has 24 heavy (non-hydrogen) atoms. The number of nitrogens with one attached hydrogen (secondary N) is 1. The summed E-state index contributed by atoms with van der Waals surface area (Å²) in [4.78, 5) is 23.8. The van der Waals surface area contributed by atoms with Crippen LogP contribution in [-0.4, -0.2) is 36.7 Å². The third-order valence-corrected chi connectivity index (χ3v) is 4.76. The molecule has 0 bridgehead atoms. The van der Waals surface area contributed by atoms with E-state index in [4.69, 9.17) is 4.74 Å². The van der Waals surface area contributed by atoms with E-state index in [0.29, 0.717) is 44.5 Å². The van der Waals surface area contributed by atoms with Gasteiger partial charge in [0.2, 0.25) is 5.91 Å². The lowest BCUT2D eigenvalue weighted by molar-refractivity contribution is -0.154. The number of benzene rings is 1. The fraction of sp³-hybridized carbons (Fsp3) is 0.556. The summed E-state index contributed by atoms with van der Waals surface area (Å²) in [7, 11) is 0. The standard InChI is InChI=1S/C18H24FNO4/c1-13(6-7-14-4-2-3-5-15(14)19)16(21)20-12-18(17(22)23)8-10-24-11-9-18/h2-5,13H,6-12H2,1H3,(H,20,21)(H,22,23). The van der Waals surface area contributed by atoms with Crippen molar-refractivity contribution in [2.45, 2.75) is 32.6 Å². The molecule has 0 aromatic heterocycles. The minimum atomic E-state index is -0.945. The van der Waals surface area contributed by atoms with Crippen molar-refractivity contribution < 1.29 is 23.8 Å². The maximum Gasteiger partial charge on any atom is 0.311 e. The van der Waals surface area contributed by atoms with Crippen LogP contribution >= 0.6 is 0 Å². The van der Waals surface area contributed by atoms with Crippen LogP contribution in [0.1, 0.15) is 31.7 Å². The Labute approximate surface area is 141 Å². The molecule has 0 radical (unpaired) electrons. The molecule has 2 rings (SSSR count). The molecule has 1 atom stereocenters. The summed E-state index contributed by atoms with van der Waals surface area (Å²) in [6, 6.07) is 6.52. The predicted molar refractivity (Wildman–Crippen MR) is 87.0 cm³/mol. The van der Waals surface area contributed by atoms with Crippen molar-refractivity contribution >= 4 is 11.9 Å². The van der Waals surface area contributed by atoms with E-state index in [1.165, 1.54) is 6.07 Å². The first kappa shape index (κ1) is 18.4. The van der Waals surface area contributed by atoms with E-state index >= 15 is 0 Å². The number of ether oxygens (including phenoxy) is 1. The first-order valence-electron chi connectivity index (χ1n) is 8.27. The van der Waals surface area contributed by atoms with E-state index in [9.17, 15) is 19.1 Å². The molecule has 0 aliphatic carbocycles. The van der Waals surface area contributed by atoms with Crippen LogP contribution in [0, 0.1) is 17.2 Å². The van der Waals surface area contributed by atoms with Gasteiger partial charge in [0.25, 0.3) is 0 Å². The van der Waals surface area contributed by atoms with Gasteiger partial charge in [-0.2, -0.15) is 0 Å². The second-order valence-electron chi connectivity index (χ2n) is 6.45. The van der Waals surface area contributed by atoms with Crippen LogP contribution < -0.4 is 5.32 Å². The normalized spacial score (nSPS) is 17.9. The number of carbonyl (C=O) groups excluding carboxylic acids is 1. The van der Waals surface area contributed by atoms with Crippen LogP contribution in [-0.2, 0) is 20.7 Å². The molecule has 0 saturated carbocycles. The van der Waals surface area contributed by atoms with Crippen LogP contribution in [0.4, 0.5) is 4.39 Å². The van der Waals surface area contributed by atoms with Gasteiger partial charge < -0.3 is 15.2 Å². The molecule has 5 nitrogen and oxygen atoms in total. The van der Waals surface area contributed by atoms with E-state index in [0.717, 1.165) is 0 Å². The third-order valence-electron chi connectivity index (χ3n) is 4.76. The Morgan fingerprint density at radius 3 is 2.62 bits per heavy atom. The summed E-state index contributed by atoms with van der Waals surface area (Å²) in [5.74, 6) is -1.67. The molecule has 0 spiro atoms. The predicted octanol–water partition coefficient (Wildman–Crippen LogP) is 2.39. The molecule has 1 saturated heterocycles. The SMILES string of the molecule is CC(CCc1ccccc1F)C(=O)NCC1(C(=O)O)CCOCC1. The molecule has 2 N–H and O–H groups in total. The Bertz CT molecular complexity index is 584. The van der Waals surface area contributed by atoms with Crippen molar-refractivity contribution in [3.63, 3.8) is 0 Å². The Morgan fingerprint density at radius 1 is 1.33 bits per heavy atom. The second kappa shape index (κ2) is 8.24. The van der Waals surface area contributed by atoms with Gasteiger partial charge in [0.15, 0.2) is 0 Å². The van der Waals surface area contributed by atoms with E-state index < -0.39 is 11.4 Å². The van der Waals surface area contributed by atoms with Gasteiger partial charge >= 0.3 is 5.97 Å². The minimum absolute atomic E-state index is 0.106. The molecule has 1 aliphatic rings. The molecule has 132 valence electrons. The lowest BCUT2D eigenvalue weighted by atomic mass is 9.80. The number of amides is 1. The zero-order valence-corrected chi connectivity index (χ0v) is 13.9. The number of aryl methyl sites for hydroxylation is 1. The van der Waals surface area contributed by atoms with Crippen LogP contribution in [0.25, 0.3) is 0 Å². The average Bonchev–Trinajstić information content (AvgIpc) is 2.59. The summed E-state index contributed by atoms with van der Waals surface area (Å²) in [5.41, 5.74) is -0.359. The highest BCUT2D eigenvalue weighted by Gasteiger charge is 2.40. The minimum Gasteiger partial charge on any atom is -0.481 e. The summed E-state index contributed by atoms with van der Waals surface area (Å²) in [6.07, 6.45) is 1.77. The number of halogens is 1. The van der Waals surface area contributed by atoms with E-state index in [2.05, 4.69) is 5.32 Å². The van der Waals surface area contributed by atoms with Gasteiger partial charge in [0, 0.05) is 25.7 Å². The molecule has 6 heteroatoms. The lowest BCUT2D eigenvalue weighted by Crippen LogP contribution is -2.47. The van der Waals surface area contributed by atoms with Crippen LogP contribution in [0.5, 0.6) is 0 Å². The Hall–Kier alpha value is -1.95. The van der Waals surface area contributed by atoms with Crippen molar-refractivity contribution in [2.24, 2.45) is 11.3 Å². The zero-order valence-electron chi connectivity index (χ0n) is 13.9. The number of hydrogen-bond donors (Lipinski definition) is 2. The molecular weight excluding hydrogens is 313 g/mol. The number of hydrogen-bond acceptors (Lipinski definition) is 3. The summed E-state index contributed by atoms with van der Waals surface area (Å²) in [6.45, 7) is 2.66. The topological polar surface area (TPSA) is 75.6 Å². The first-order valence-corrected chi connectivity index (χ1v) is 8.27. The number of carboxylic acid groups (broad SMARTS) is 1. The van der Waals surface area contributed by atoms with Gasteiger partial charge in [0.1, 0.15) is 5.82 Å². The highest BCUT2D eigenvalue weighted by molar-refractivity contribution is 5.80. The van der Waals surface area contributed by atoms with Gasteiger partial charge in [-0.3, -0.25) is 9.59 Å². The number of aliphatic carboxylic acids is 1. The van der Waals surface area contributed by atoms with E-state index in [1.807, 2.05) is 0 Å². The maximum atomic E-state index is 13.6. The fourth-order valence-electron chi connectivity index (χ4n) is 2.86. The largest absolute Gasteiger partial charge is 0.481 e. The van der Waals surface area contributed by atoms with Gasteiger partial charge in [-0.05, 0) is 37.3 Å². The quantitative estimate of drug-likeness (QED) is 0.801. The molecule has 1 heterocycles. The van der Waals surface area contributed by atoms with E-state index in [1.54, 1.807) is 25.1 Å². The van der Waals surface area contributed by atoms with Gasteiger partial charge in [0.05, 0.1) is 5.41 Å². The van der Waals surface area contributed by atoms with Gasteiger partial charge in [-0.25, -0.2) is 4.39 Å². The maximum absolute atomic E-state index is 13.6. The van der Waals surface area contributed by atoms with Gasteiger partial charge in [-0.1, -0.05) is 25.1 Å². The Balaban J connectivity index is 1.85. The first-order chi connectivity index (χ1) is 11.4. The summed E-state index contributed by atoms with van der Waals surface area (Å²) in [5, 5.41) is 12.2. The van der Waals surface area contributed by atoms with Gasteiger partial charge in [-0.15, -0.1) is 0 Å². The second-order valence-corrected chi connectivity index (χ2v) is 6.45. The van der Waals surface area contributed by atoms with Crippen LogP contribution in [0.15, 0.2) is 24.3 Å². The molecule has 1 unspecified atom stereocenters. The summed E-state index contributed by atoms with van der Waals surface area (Å²) < 4.78 is 18.8. The van der Waals surface area contributed by atoms with E-state index in [-0.39, 0.29) is 24.2 Å². The Morgan fingerprint density at radius 2 is 2.00 bits per heavy atom. The molecule has 1 aromatic carbocycles. The van der Waals surface area contributed by atoms with Crippen molar-refractivity contribution in [1.29, 1.82) is 0 Å². The highest BCUT2D eigenvalue weighted by Crippen LogP contribution is 2.30. The zero-order chi connectivity index (χ0) is 17.6. The smallest absolute Gasteiger partial charge is 0.311 e. The Kier molecular flexibility index (Phi) is 6.31. The number of carboxylic acids is 1. The number of carbonyl (C=O) groups is 2. The fourth-order valence-corrected chi connectivity index (χ4v) is 2.86. The molecule has 1 fully saturated rings. The average molecular weight is 337 g/mol. The van der Waals surface area contributed by atoms with Crippen molar-refractivity contribution in [3.8, 4) is 0 Å². The summed E-state index contributed by atoms with van der Waals surface area (Å²) >= 11 is 0.